The number of rotatable bonds is 8. The van der Waals surface area contributed by atoms with Crippen LogP contribution in [0.3, 0.4) is 0 Å². The Morgan fingerprint density at radius 1 is 0.950 bits per heavy atom. The first kappa shape index (κ1) is 29.6. The molecule has 216 valence electrons. The van der Waals surface area contributed by atoms with Crippen molar-refractivity contribution in [3.05, 3.63) is 59.1 Å². The Hall–Kier alpha value is -3.37. The Kier molecular flexibility index (Phi) is 8.60. The van der Waals surface area contributed by atoms with Crippen LogP contribution in [0.5, 0.6) is 6.01 Å². The van der Waals surface area contributed by atoms with Crippen LogP contribution in [0.1, 0.15) is 18.4 Å². The lowest BCUT2D eigenvalue weighted by Crippen LogP contribution is -2.42. The number of piperidine rings is 1. The lowest BCUT2D eigenvalue weighted by molar-refractivity contribution is -0.154. The summed E-state index contributed by atoms with van der Waals surface area (Å²) in [6.07, 6.45) is -8.74. The molecule has 0 atom stereocenters. The van der Waals surface area contributed by atoms with Gasteiger partial charge in [-0.05, 0) is 49.2 Å². The topological polar surface area (TPSA) is 109 Å². The van der Waals surface area contributed by atoms with Crippen LogP contribution in [0.25, 0.3) is 0 Å². The zero-order valence-electron chi connectivity index (χ0n) is 20.3. The third kappa shape index (κ3) is 7.85. The minimum atomic E-state index is -4.70. The van der Waals surface area contributed by atoms with Crippen LogP contribution >= 0.6 is 11.6 Å². The summed E-state index contributed by atoms with van der Waals surface area (Å²) in [5.74, 6) is -0.576. The van der Waals surface area contributed by atoms with Crippen LogP contribution in [-0.2, 0) is 16.2 Å². The normalized spacial score (nSPS) is 15.6. The molecule has 40 heavy (non-hydrogen) atoms. The maximum atomic E-state index is 13.1. The summed E-state index contributed by atoms with van der Waals surface area (Å²) >= 11 is 5.92. The number of anilines is 3. The Labute approximate surface area is 229 Å². The minimum absolute atomic E-state index is 0.0423. The number of ether oxygens (including phenoxy) is 1. The number of nitrogens with one attached hydrogen (secondary N) is 2. The number of nitrogens with zero attached hydrogens (tertiary/aromatic N) is 4. The highest BCUT2D eigenvalue weighted by Gasteiger charge is 2.32. The van der Waals surface area contributed by atoms with Crippen molar-refractivity contribution in [1.82, 2.24) is 19.3 Å². The van der Waals surface area contributed by atoms with Gasteiger partial charge in [-0.2, -0.15) is 45.6 Å². The van der Waals surface area contributed by atoms with Crippen molar-refractivity contribution >= 4 is 39.2 Å². The van der Waals surface area contributed by atoms with E-state index in [9.17, 15) is 34.8 Å². The van der Waals surface area contributed by atoms with E-state index in [2.05, 4.69) is 30.3 Å². The summed E-state index contributed by atoms with van der Waals surface area (Å²) in [6, 6.07) is 8.80. The molecule has 0 radical (unpaired) electrons. The maximum absolute atomic E-state index is 13.1. The Balaban J connectivity index is 1.49. The van der Waals surface area contributed by atoms with Crippen LogP contribution in [0.4, 0.5) is 43.9 Å². The van der Waals surface area contributed by atoms with Gasteiger partial charge in [0.2, 0.25) is 21.9 Å². The summed E-state index contributed by atoms with van der Waals surface area (Å²) in [6.45, 7) is -1.48. The van der Waals surface area contributed by atoms with Crippen LogP contribution < -0.4 is 15.4 Å². The third-order valence-corrected chi connectivity index (χ3v) is 7.78. The zero-order valence-corrected chi connectivity index (χ0v) is 21.9. The first-order valence-electron chi connectivity index (χ1n) is 11.6. The predicted octanol–water partition coefficient (Wildman–Crippen LogP) is 5.49. The van der Waals surface area contributed by atoms with Crippen molar-refractivity contribution in [3.63, 3.8) is 0 Å². The molecular weight excluding hydrogens is 590 g/mol. The summed E-state index contributed by atoms with van der Waals surface area (Å²) in [4.78, 5) is 11.7. The molecule has 0 saturated carbocycles. The number of hydrogen-bond donors (Lipinski definition) is 2. The number of halogens is 7. The van der Waals surface area contributed by atoms with Crippen molar-refractivity contribution in [1.29, 1.82) is 0 Å². The maximum Gasteiger partial charge on any atom is 0.422 e. The molecule has 17 heteroatoms. The SMILES string of the molecule is O=S(=O)(c1cccc(Cl)c1)N1CCC(Nc2nc(Nc3cccc(C(F)(F)F)c3)nc(OCC(F)(F)F)n2)CC1. The highest BCUT2D eigenvalue weighted by Crippen LogP contribution is 2.31. The molecule has 0 aliphatic carbocycles. The van der Waals surface area contributed by atoms with Crippen molar-refractivity contribution in [3.8, 4) is 6.01 Å². The lowest BCUT2D eigenvalue weighted by Gasteiger charge is -2.31. The van der Waals surface area contributed by atoms with Gasteiger partial charge in [-0.3, -0.25) is 0 Å². The van der Waals surface area contributed by atoms with Gasteiger partial charge < -0.3 is 15.4 Å². The molecule has 0 unspecified atom stereocenters. The van der Waals surface area contributed by atoms with Crippen molar-refractivity contribution in [2.75, 3.05) is 30.3 Å². The average molecular weight is 611 g/mol. The molecule has 3 aromatic rings. The fraction of sp³-hybridized carbons (Fsp3) is 0.348. The van der Waals surface area contributed by atoms with Crippen molar-refractivity contribution < 1.29 is 39.5 Å². The Bertz CT molecular complexity index is 1450. The first-order valence-corrected chi connectivity index (χ1v) is 13.4. The molecule has 1 aliphatic rings. The van der Waals surface area contributed by atoms with Gasteiger partial charge in [0.05, 0.1) is 10.5 Å². The lowest BCUT2D eigenvalue weighted by atomic mass is 10.1. The molecule has 2 N–H and O–H groups in total. The summed E-state index contributed by atoms with van der Waals surface area (Å²) in [5.41, 5.74) is -1.04. The van der Waals surface area contributed by atoms with Crippen LogP contribution in [0.15, 0.2) is 53.4 Å². The molecule has 9 nitrogen and oxygen atoms in total. The van der Waals surface area contributed by atoms with Crippen LogP contribution in [0.2, 0.25) is 5.02 Å². The molecule has 2 heterocycles. The molecule has 2 aromatic carbocycles. The van der Waals surface area contributed by atoms with Gasteiger partial charge in [-0.25, -0.2) is 8.42 Å². The molecule has 0 spiro atoms. The van der Waals surface area contributed by atoms with E-state index in [1.807, 2.05) is 0 Å². The molecule has 0 bridgehead atoms. The van der Waals surface area contributed by atoms with Crippen molar-refractivity contribution in [2.24, 2.45) is 0 Å². The number of sulfonamides is 1. The third-order valence-electron chi connectivity index (χ3n) is 5.65. The number of benzene rings is 2. The second-order valence-corrected chi connectivity index (χ2v) is 11.0. The highest BCUT2D eigenvalue weighted by molar-refractivity contribution is 7.89. The van der Waals surface area contributed by atoms with E-state index in [0.717, 1.165) is 18.2 Å². The number of aromatic nitrogens is 3. The fourth-order valence-electron chi connectivity index (χ4n) is 3.79. The van der Waals surface area contributed by atoms with E-state index in [0.29, 0.717) is 12.8 Å². The second kappa shape index (κ2) is 11.6. The monoisotopic (exact) mass is 610 g/mol. The Morgan fingerprint density at radius 3 is 2.27 bits per heavy atom. The predicted molar refractivity (Wildman–Crippen MR) is 133 cm³/mol. The zero-order chi connectivity index (χ0) is 29.1. The molecular formula is C23H21ClF6N6O3S. The number of hydrogen-bond acceptors (Lipinski definition) is 8. The van der Waals surface area contributed by atoms with Gasteiger partial charge in [0.25, 0.3) is 0 Å². The van der Waals surface area contributed by atoms with E-state index in [-0.39, 0.29) is 46.6 Å². The smallest absolute Gasteiger partial charge is 0.422 e. The fourth-order valence-corrected chi connectivity index (χ4v) is 5.56. The molecule has 1 fully saturated rings. The standard InChI is InChI=1S/C23H21ClF6N6O3S/c24-15-4-2-6-18(12-15)40(37,38)36-9-7-16(8-10-36)31-19-33-20(35-21(34-19)39-13-22(25,26)27)32-17-5-1-3-14(11-17)23(28,29)30/h1-6,11-12,16H,7-10,13H2,(H2,31,32,33,34,35). The molecule has 1 saturated heterocycles. The summed E-state index contributed by atoms with van der Waals surface area (Å²) < 4.78 is 109. The van der Waals surface area contributed by atoms with Crippen molar-refractivity contribution in [2.45, 2.75) is 36.1 Å². The van der Waals surface area contributed by atoms with Crippen LogP contribution in [-0.4, -0.2) is 59.6 Å². The van der Waals surface area contributed by atoms with Gasteiger partial charge in [-0.1, -0.05) is 23.7 Å². The van der Waals surface area contributed by atoms with E-state index >= 15 is 0 Å². The molecule has 0 amide bonds. The molecule has 1 aliphatic heterocycles. The van der Waals surface area contributed by atoms with E-state index in [1.54, 1.807) is 6.07 Å². The van der Waals surface area contributed by atoms with E-state index in [4.69, 9.17) is 11.6 Å². The number of alkyl halides is 6. The second-order valence-electron chi connectivity index (χ2n) is 8.65. The van der Waals surface area contributed by atoms with Crippen LogP contribution in [0, 0.1) is 0 Å². The van der Waals surface area contributed by atoms with Gasteiger partial charge in [0.1, 0.15) is 0 Å². The van der Waals surface area contributed by atoms with E-state index in [1.165, 1.54) is 28.6 Å². The summed E-state index contributed by atoms with van der Waals surface area (Å²) in [5, 5.41) is 5.70. The largest absolute Gasteiger partial charge is 0.454 e. The highest BCUT2D eigenvalue weighted by atomic mass is 35.5. The van der Waals surface area contributed by atoms with E-state index < -0.39 is 40.6 Å². The summed E-state index contributed by atoms with van der Waals surface area (Å²) in [7, 11) is -3.80. The quantitative estimate of drug-likeness (QED) is 0.322. The minimum Gasteiger partial charge on any atom is -0.454 e. The molecule has 4 rings (SSSR count). The van der Waals surface area contributed by atoms with Gasteiger partial charge in [0.15, 0.2) is 6.61 Å². The molecule has 1 aromatic heterocycles. The van der Waals surface area contributed by atoms with Gasteiger partial charge in [0, 0.05) is 29.8 Å². The van der Waals surface area contributed by atoms with Gasteiger partial charge in [-0.15, -0.1) is 0 Å². The average Bonchev–Trinajstić information content (AvgIpc) is 2.87. The van der Waals surface area contributed by atoms with Gasteiger partial charge >= 0.3 is 18.4 Å². The Morgan fingerprint density at radius 2 is 1.62 bits per heavy atom. The first-order chi connectivity index (χ1) is 18.7.